The first-order valence-corrected chi connectivity index (χ1v) is 5.68. The third kappa shape index (κ3) is 2.10. The zero-order valence-corrected chi connectivity index (χ0v) is 10.0. The lowest BCUT2D eigenvalue weighted by molar-refractivity contribution is 0.0653. The van der Waals surface area contributed by atoms with Crippen molar-refractivity contribution in [2.75, 3.05) is 19.6 Å². The molecule has 2 heterocycles. The van der Waals surface area contributed by atoms with Gasteiger partial charge in [-0.05, 0) is 28.1 Å². The maximum atomic E-state index is 12.0. The Labute approximate surface area is 101 Å². The van der Waals surface area contributed by atoms with Crippen LogP contribution in [0.5, 0.6) is 0 Å². The van der Waals surface area contributed by atoms with Gasteiger partial charge in [-0.3, -0.25) is 4.79 Å². The summed E-state index contributed by atoms with van der Waals surface area (Å²) in [5, 5.41) is 12.0. The molecule has 1 aliphatic heterocycles. The van der Waals surface area contributed by atoms with E-state index in [0.29, 0.717) is 24.3 Å². The number of carbonyl (C=O) groups excluding carboxylic acids is 1. The van der Waals surface area contributed by atoms with E-state index < -0.39 is 6.04 Å². The Hall–Kier alpha value is -1.32. The van der Waals surface area contributed by atoms with Crippen molar-refractivity contribution in [3.05, 3.63) is 22.6 Å². The van der Waals surface area contributed by atoms with Gasteiger partial charge in [0.1, 0.15) is 6.04 Å². The number of carbonyl (C=O) groups is 1. The minimum absolute atomic E-state index is 0.237. The molecule has 1 fully saturated rings. The molecule has 0 saturated carbocycles. The number of amides is 1. The van der Waals surface area contributed by atoms with Gasteiger partial charge in [0.15, 0.2) is 10.4 Å². The Morgan fingerprint density at radius 3 is 3.12 bits per heavy atom. The molecule has 1 atom stereocenters. The number of nitriles is 1. The molecule has 0 aliphatic carbocycles. The highest BCUT2D eigenvalue weighted by Crippen LogP contribution is 2.17. The molecule has 1 N–H and O–H groups in total. The molecule has 5 nitrogen and oxygen atoms in total. The second-order valence-electron chi connectivity index (χ2n) is 3.45. The molecule has 1 unspecified atom stereocenters. The summed E-state index contributed by atoms with van der Waals surface area (Å²) in [6.45, 7) is 1.73. The van der Waals surface area contributed by atoms with Gasteiger partial charge in [-0.1, -0.05) is 0 Å². The van der Waals surface area contributed by atoms with Crippen LogP contribution in [0.4, 0.5) is 0 Å². The summed E-state index contributed by atoms with van der Waals surface area (Å²) in [7, 11) is 0. The second-order valence-corrected chi connectivity index (χ2v) is 4.23. The summed E-state index contributed by atoms with van der Waals surface area (Å²) in [4.78, 5) is 13.5. The molecule has 0 aromatic carbocycles. The fourth-order valence-corrected chi connectivity index (χ4v) is 1.94. The third-order valence-corrected chi connectivity index (χ3v) is 2.86. The minimum Gasteiger partial charge on any atom is -0.444 e. The largest absolute Gasteiger partial charge is 0.444 e. The first-order valence-electron chi connectivity index (χ1n) is 4.89. The molecule has 0 radical (unpaired) electrons. The summed E-state index contributed by atoms with van der Waals surface area (Å²) < 4.78 is 5.70. The third-order valence-electron chi connectivity index (χ3n) is 2.44. The Morgan fingerprint density at radius 1 is 1.69 bits per heavy atom. The van der Waals surface area contributed by atoms with Crippen LogP contribution in [0.1, 0.15) is 10.6 Å². The van der Waals surface area contributed by atoms with E-state index in [1.807, 2.05) is 0 Å². The van der Waals surface area contributed by atoms with Gasteiger partial charge in [-0.25, -0.2) is 0 Å². The monoisotopic (exact) mass is 283 g/mol. The predicted molar refractivity (Wildman–Crippen MR) is 59.7 cm³/mol. The van der Waals surface area contributed by atoms with Crippen LogP contribution >= 0.6 is 15.9 Å². The molecule has 6 heteroatoms. The van der Waals surface area contributed by atoms with E-state index in [1.54, 1.807) is 12.1 Å². The van der Waals surface area contributed by atoms with Crippen LogP contribution in [-0.4, -0.2) is 36.5 Å². The van der Waals surface area contributed by atoms with Crippen LogP contribution in [0, 0.1) is 11.3 Å². The van der Waals surface area contributed by atoms with Crippen molar-refractivity contribution in [3.8, 4) is 6.07 Å². The van der Waals surface area contributed by atoms with Gasteiger partial charge in [0.25, 0.3) is 5.91 Å². The van der Waals surface area contributed by atoms with Gasteiger partial charge in [0.05, 0.1) is 6.07 Å². The SMILES string of the molecule is N#CC1CNCCN1C(=O)c1ccc(Br)o1. The maximum absolute atomic E-state index is 12.0. The standard InChI is InChI=1S/C10H10BrN3O2/c11-9-2-1-8(16-9)10(15)14-4-3-13-6-7(14)5-12/h1-2,7,13H,3-4,6H2. The fraction of sp³-hybridized carbons (Fsp3) is 0.400. The highest BCUT2D eigenvalue weighted by atomic mass is 79.9. The number of hydrogen-bond acceptors (Lipinski definition) is 4. The van der Waals surface area contributed by atoms with E-state index >= 15 is 0 Å². The molecular formula is C10H10BrN3O2. The highest BCUT2D eigenvalue weighted by Gasteiger charge is 2.28. The summed E-state index contributed by atoms with van der Waals surface area (Å²) in [6.07, 6.45) is 0. The smallest absolute Gasteiger partial charge is 0.290 e. The van der Waals surface area contributed by atoms with Crippen LogP contribution in [0.2, 0.25) is 0 Å². The van der Waals surface area contributed by atoms with Gasteiger partial charge in [0.2, 0.25) is 0 Å². The van der Waals surface area contributed by atoms with Crippen LogP contribution in [-0.2, 0) is 0 Å². The van der Waals surface area contributed by atoms with Crippen LogP contribution < -0.4 is 5.32 Å². The number of hydrogen-bond donors (Lipinski definition) is 1. The lowest BCUT2D eigenvalue weighted by Gasteiger charge is -2.31. The Bertz CT molecular complexity index is 438. The van der Waals surface area contributed by atoms with Gasteiger partial charge in [0, 0.05) is 19.6 Å². The van der Waals surface area contributed by atoms with E-state index in [2.05, 4.69) is 27.3 Å². The van der Waals surface area contributed by atoms with Gasteiger partial charge in [-0.2, -0.15) is 5.26 Å². The topological polar surface area (TPSA) is 69.3 Å². The normalized spacial score (nSPS) is 20.5. The van der Waals surface area contributed by atoms with E-state index in [-0.39, 0.29) is 11.7 Å². The zero-order chi connectivity index (χ0) is 11.5. The number of furan rings is 1. The van der Waals surface area contributed by atoms with Gasteiger partial charge < -0.3 is 14.6 Å². The Balaban J connectivity index is 2.17. The molecule has 1 amide bonds. The van der Waals surface area contributed by atoms with Crippen molar-refractivity contribution < 1.29 is 9.21 Å². The van der Waals surface area contributed by atoms with Gasteiger partial charge in [-0.15, -0.1) is 0 Å². The lowest BCUT2D eigenvalue weighted by Crippen LogP contribution is -2.52. The number of halogens is 1. The predicted octanol–water partition coefficient (Wildman–Crippen LogP) is 0.980. The van der Waals surface area contributed by atoms with Crippen molar-refractivity contribution in [1.29, 1.82) is 5.26 Å². The van der Waals surface area contributed by atoms with Crippen LogP contribution in [0.3, 0.4) is 0 Å². The highest BCUT2D eigenvalue weighted by molar-refractivity contribution is 9.10. The summed E-state index contributed by atoms with van der Waals surface area (Å²) in [5.41, 5.74) is 0. The molecule has 1 saturated heterocycles. The molecule has 16 heavy (non-hydrogen) atoms. The van der Waals surface area contributed by atoms with E-state index in [0.717, 1.165) is 0 Å². The molecule has 1 aliphatic rings. The summed E-state index contributed by atoms with van der Waals surface area (Å²) in [6, 6.07) is 4.94. The van der Waals surface area contributed by atoms with Crippen molar-refractivity contribution in [3.63, 3.8) is 0 Å². The molecule has 0 spiro atoms. The zero-order valence-electron chi connectivity index (χ0n) is 8.44. The minimum atomic E-state index is -0.426. The van der Waals surface area contributed by atoms with Crippen LogP contribution in [0.15, 0.2) is 21.2 Å². The van der Waals surface area contributed by atoms with Crippen molar-refractivity contribution >= 4 is 21.8 Å². The molecule has 0 bridgehead atoms. The number of piperazine rings is 1. The quantitative estimate of drug-likeness (QED) is 0.834. The number of nitrogens with zero attached hydrogens (tertiary/aromatic N) is 2. The van der Waals surface area contributed by atoms with E-state index in [4.69, 9.17) is 9.68 Å². The molecule has 1 aromatic heterocycles. The van der Waals surface area contributed by atoms with Crippen molar-refractivity contribution in [2.45, 2.75) is 6.04 Å². The second kappa shape index (κ2) is 4.68. The summed E-state index contributed by atoms with van der Waals surface area (Å²) in [5.74, 6) is 0.0211. The molecule has 1 aromatic rings. The maximum Gasteiger partial charge on any atom is 0.290 e. The average Bonchev–Trinajstić information content (AvgIpc) is 2.75. The lowest BCUT2D eigenvalue weighted by atomic mass is 10.2. The van der Waals surface area contributed by atoms with E-state index in [1.165, 1.54) is 4.90 Å². The fourth-order valence-electron chi connectivity index (χ4n) is 1.63. The average molecular weight is 284 g/mol. The first kappa shape index (κ1) is 11.2. The van der Waals surface area contributed by atoms with E-state index in [9.17, 15) is 4.79 Å². The van der Waals surface area contributed by atoms with Gasteiger partial charge >= 0.3 is 0 Å². The van der Waals surface area contributed by atoms with Crippen molar-refractivity contribution in [1.82, 2.24) is 10.2 Å². The number of rotatable bonds is 1. The molecule has 84 valence electrons. The van der Waals surface area contributed by atoms with Crippen LogP contribution in [0.25, 0.3) is 0 Å². The number of nitrogens with one attached hydrogen (secondary N) is 1. The molecule has 2 rings (SSSR count). The summed E-state index contributed by atoms with van der Waals surface area (Å²) >= 11 is 3.14. The Morgan fingerprint density at radius 2 is 2.50 bits per heavy atom. The Kier molecular flexibility index (Phi) is 3.27. The molecular weight excluding hydrogens is 274 g/mol. The van der Waals surface area contributed by atoms with Crippen molar-refractivity contribution in [2.24, 2.45) is 0 Å². The first-order chi connectivity index (χ1) is 7.72.